The van der Waals surface area contributed by atoms with E-state index in [4.69, 9.17) is 4.42 Å². The molecule has 0 aromatic carbocycles. The highest BCUT2D eigenvalue weighted by molar-refractivity contribution is 5.16. The van der Waals surface area contributed by atoms with Gasteiger partial charge in [-0.1, -0.05) is 0 Å². The summed E-state index contributed by atoms with van der Waals surface area (Å²) >= 11 is 0. The van der Waals surface area contributed by atoms with Crippen LogP contribution in [-0.2, 0) is 19.6 Å². The minimum Gasteiger partial charge on any atom is -0.472 e. The maximum absolute atomic E-state index is 10.2. The number of hydrogen-bond donors (Lipinski definition) is 1. The fourth-order valence-electron chi connectivity index (χ4n) is 2.92. The molecule has 2 aliphatic rings. The summed E-state index contributed by atoms with van der Waals surface area (Å²) in [5.74, 6) is 0.439. The molecule has 5 nitrogen and oxygen atoms in total. The van der Waals surface area contributed by atoms with E-state index in [1.807, 2.05) is 10.7 Å². The first kappa shape index (κ1) is 12.2. The molecule has 1 aliphatic carbocycles. The minimum atomic E-state index is -0.365. The van der Waals surface area contributed by atoms with E-state index in [-0.39, 0.29) is 6.10 Å². The Morgan fingerprint density at radius 3 is 3.05 bits per heavy atom. The van der Waals surface area contributed by atoms with Gasteiger partial charge in [0.25, 0.3) is 0 Å². The van der Waals surface area contributed by atoms with Crippen molar-refractivity contribution in [2.75, 3.05) is 6.54 Å². The van der Waals surface area contributed by atoms with E-state index in [1.54, 1.807) is 12.5 Å². The van der Waals surface area contributed by atoms with Crippen molar-refractivity contribution >= 4 is 0 Å². The van der Waals surface area contributed by atoms with Crippen molar-refractivity contribution in [3.05, 3.63) is 41.6 Å². The number of rotatable bonds is 4. The van der Waals surface area contributed by atoms with Crippen LogP contribution < -0.4 is 0 Å². The van der Waals surface area contributed by atoms with E-state index in [2.05, 4.69) is 16.1 Å². The first-order valence-electron chi connectivity index (χ1n) is 7.28. The molecule has 0 unspecified atom stereocenters. The third-order valence-electron chi connectivity index (χ3n) is 4.25. The van der Waals surface area contributed by atoms with Gasteiger partial charge in [-0.25, -0.2) is 0 Å². The molecule has 0 saturated heterocycles. The summed E-state index contributed by atoms with van der Waals surface area (Å²) in [4.78, 5) is 2.38. The molecular weight excluding hydrogens is 254 g/mol. The smallest absolute Gasteiger partial charge is 0.101 e. The average molecular weight is 273 g/mol. The van der Waals surface area contributed by atoms with Crippen molar-refractivity contribution in [1.82, 2.24) is 14.7 Å². The van der Waals surface area contributed by atoms with E-state index in [1.165, 1.54) is 11.3 Å². The van der Waals surface area contributed by atoms with Crippen LogP contribution in [0.4, 0.5) is 0 Å². The molecule has 0 spiro atoms. The normalized spacial score (nSPS) is 20.9. The van der Waals surface area contributed by atoms with Crippen LogP contribution in [0.1, 0.15) is 35.9 Å². The average Bonchev–Trinajstić information content (AvgIpc) is 3.01. The Hall–Kier alpha value is -1.59. The van der Waals surface area contributed by atoms with Gasteiger partial charge in [-0.05, 0) is 30.9 Å². The van der Waals surface area contributed by atoms with E-state index in [0.29, 0.717) is 5.92 Å². The Morgan fingerprint density at radius 1 is 1.40 bits per heavy atom. The number of aliphatic hydroxyl groups is 1. The van der Waals surface area contributed by atoms with Crippen molar-refractivity contribution in [2.45, 2.75) is 38.6 Å². The maximum atomic E-state index is 10.2. The summed E-state index contributed by atoms with van der Waals surface area (Å²) in [6.07, 6.45) is 5.42. The maximum Gasteiger partial charge on any atom is 0.101 e. The lowest BCUT2D eigenvalue weighted by Gasteiger charge is -2.26. The van der Waals surface area contributed by atoms with Crippen LogP contribution in [0, 0.1) is 5.92 Å². The Labute approximate surface area is 117 Å². The number of nitrogens with zero attached hydrogens (tertiary/aromatic N) is 3. The second-order valence-corrected chi connectivity index (χ2v) is 5.91. The molecule has 0 amide bonds. The Kier molecular flexibility index (Phi) is 2.89. The summed E-state index contributed by atoms with van der Waals surface area (Å²) in [5.41, 5.74) is 3.26. The van der Waals surface area contributed by atoms with E-state index in [9.17, 15) is 5.11 Å². The number of hydrogen-bond acceptors (Lipinski definition) is 4. The van der Waals surface area contributed by atoms with Gasteiger partial charge in [0.15, 0.2) is 0 Å². The third kappa shape index (κ3) is 2.27. The zero-order chi connectivity index (χ0) is 13.5. The van der Waals surface area contributed by atoms with Crippen LogP contribution in [-0.4, -0.2) is 26.3 Å². The predicted octanol–water partition coefficient (Wildman–Crippen LogP) is 1.94. The molecule has 4 rings (SSSR count). The van der Waals surface area contributed by atoms with Crippen molar-refractivity contribution in [1.29, 1.82) is 0 Å². The molecule has 2 aromatic heterocycles. The summed E-state index contributed by atoms with van der Waals surface area (Å²) in [7, 11) is 0. The molecule has 1 saturated carbocycles. The van der Waals surface area contributed by atoms with Gasteiger partial charge in [0.05, 0.1) is 30.5 Å². The predicted molar refractivity (Wildman–Crippen MR) is 72.7 cm³/mol. The molecule has 20 heavy (non-hydrogen) atoms. The van der Waals surface area contributed by atoms with Crippen LogP contribution in [0.15, 0.2) is 29.1 Å². The summed E-state index contributed by atoms with van der Waals surface area (Å²) in [6.45, 7) is 3.67. The first-order valence-corrected chi connectivity index (χ1v) is 7.28. The molecule has 5 heteroatoms. The van der Waals surface area contributed by atoms with Gasteiger partial charge in [-0.2, -0.15) is 5.10 Å². The molecule has 106 valence electrons. The van der Waals surface area contributed by atoms with Gasteiger partial charge in [0.1, 0.15) is 6.10 Å². The number of fused-ring (bicyclic) bond motifs is 1. The molecule has 0 radical (unpaired) electrons. The molecule has 1 atom stereocenters. The topological polar surface area (TPSA) is 54.4 Å². The van der Waals surface area contributed by atoms with Crippen LogP contribution in [0.25, 0.3) is 0 Å². The molecule has 3 heterocycles. The zero-order valence-electron chi connectivity index (χ0n) is 11.4. The lowest BCUT2D eigenvalue weighted by molar-refractivity contribution is 0.147. The summed E-state index contributed by atoms with van der Waals surface area (Å²) < 4.78 is 7.17. The number of aromatic nitrogens is 2. The van der Waals surface area contributed by atoms with Crippen molar-refractivity contribution < 1.29 is 9.52 Å². The Bertz CT molecular complexity index is 586. The molecule has 0 bridgehead atoms. The number of furan rings is 1. The second kappa shape index (κ2) is 4.75. The highest BCUT2D eigenvalue weighted by Gasteiger charge is 2.33. The van der Waals surface area contributed by atoms with E-state index < -0.39 is 0 Å². The van der Waals surface area contributed by atoms with E-state index in [0.717, 1.165) is 44.7 Å². The highest BCUT2D eigenvalue weighted by atomic mass is 16.3. The van der Waals surface area contributed by atoms with Gasteiger partial charge < -0.3 is 9.52 Å². The fraction of sp³-hybridized carbons (Fsp3) is 0.533. The van der Waals surface area contributed by atoms with Crippen LogP contribution in [0.3, 0.4) is 0 Å². The molecular formula is C15H19N3O2. The molecule has 1 N–H and O–H groups in total. The fourth-order valence-corrected chi connectivity index (χ4v) is 2.92. The van der Waals surface area contributed by atoms with Crippen LogP contribution >= 0.6 is 0 Å². The minimum absolute atomic E-state index is 0.365. The molecule has 1 fully saturated rings. The monoisotopic (exact) mass is 273 g/mol. The van der Waals surface area contributed by atoms with Crippen LogP contribution in [0.5, 0.6) is 0 Å². The summed E-state index contributed by atoms with van der Waals surface area (Å²) in [6, 6.07) is 4.08. The standard InChI is InChI=1S/C15H19N3O2/c19-15(12-1-2-12)14-7-13-9-17(4-5-18(13)16-14)8-11-3-6-20-10-11/h3,6-7,10,12,15,19H,1-2,4-5,8-9H2/t15-/m0/s1. The van der Waals surface area contributed by atoms with Gasteiger partial charge in [0, 0.05) is 25.2 Å². The Balaban J connectivity index is 1.48. The quantitative estimate of drug-likeness (QED) is 0.925. The van der Waals surface area contributed by atoms with Gasteiger partial charge in [0.2, 0.25) is 0 Å². The van der Waals surface area contributed by atoms with Gasteiger partial charge in [-0.3, -0.25) is 9.58 Å². The SMILES string of the molecule is O[C@H](c1cc2n(n1)CCN(Cc1ccoc1)C2)C1CC1. The van der Waals surface area contributed by atoms with Crippen molar-refractivity contribution in [2.24, 2.45) is 5.92 Å². The second-order valence-electron chi connectivity index (χ2n) is 5.91. The lowest BCUT2D eigenvalue weighted by Crippen LogP contribution is -2.33. The van der Waals surface area contributed by atoms with Gasteiger partial charge >= 0.3 is 0 Å². The first-order chi connectivity index (χ1) is 9.79. The third-order valence-corrected chi connectivity index (χ3v) is 4.25. The summed E-state index contributed by atoms with van der Waals surface area (Å²) in [5, 5.41) is 14.7. The molecule has 1 aliphatic heterocycles. The Morgan fingerprint density at radius 2 is 2.30 bits per heavy atom. The van der Waals surface area contributed by atoms with Crippen molar-refractivity contribution in [3.8, 4) is 0 Å². The van der Waals surface area contributed by atoms with Crippen molar-refractivity contribution in [3.63, 3.8) is 0 Å². The van der Waals surface area contributed by atoms with E-state index >= 15 is 0 Å². The lowest BCUT2D eigenvalue weighted by atomic mass is 10.1. The van der Waals surface area contributed by atoms with Gasteiger partial charge in [-0.15, -0.1) is 0 Å². The highest BCUT2D eigenvalue weighted by Crippen LogP contribution is 2.40. The van der Waals surface area contributed by atoms with Crippen LogP contribution in [0.2, 0.25) is 0 Å². The largest absolute Gasteiger partial charge is 0.472 e. The number of aliphatic hydroxyl groups excluding tert-OH is 1. The molecule has 2 aromatic rings. The zero-order valence-corrected chi connectivity index (χ0v) is 11.4.